The van der Waals surface area contributed by atoms with Crippen molar-refractivity contribution in [1.82, 2.24) is 19.8 Å². The molecule has 0 atom stereocenters. The average Bonchev–Trinajstić information content (AvgIpc) is 3.34. The maximum atomic E-state index is 12.6. The van der Waals surface area contributed by atoms with Crippen LogP contribution in [0.25, 0.3) is 66.8 Å². The highest BCUT2D eigenvalue weighted by molar-refractivity contribution is 6.10. The Kier molecular flexibility index (Phi) is 14.2. The summed E-state index contributed by atoms with van der Waals surface area (Å²) in [5.41, 5.74) is 6.98. The number of hydrogen-bond acceptors (Lipinski definition) is 10. The number of fused-ring (bicyclic) bond motifs is 4. The van der Waals surface area contributed by atoms with E-state index >= 15 is 0 Å². The molecule has 2 N–H and O–H groups in total. The summed E-state index contributed by atoms with van der Waals surface area (Å²) >= 11 is 0. The highest BCUT2D eigenvalue weighted by atomic mass is 16.4. The third-order valence-corrected chi connectivity index (χ3v) is 11.7. The van der Waals surface area contributed by atoms with Crippen molar-refractivity contribution in [3.8, 4) is 69.6 Å². The largest absolute Gasteiger partial charge is 0.545 e. The Labute approximate surface area is 404 Å². The van der Waals surface area contributed by atoms with Gasteiger partial charge in [-0.15, -0.1) is 12.8 Å². The molecule has 0 radical (unpaired) electrons. The summed E-state index contributed by atoms with van der Waals surface area (Å²) in [5.74, 6) is 2.31. The van der Waals surface area contributed by atoms with Gasteiger partial charge in [-0.1, -0.05) is 24.0 Å². The second kappa shape index (κ2) is 20.4. The maximum Gasteiger partial charge on any atom is 0.252 e. The summed E-state index contributed by atoms with van der Waals surface area (Å²) < 4.78 is 16.5. The number of carbonyl (C=O) groups excluding carboxylic acids is 4. The van der Waals surface area contributed by atoms with Gasteiger partial charge in [-0.3, -0.25) is 9.59 Å². The topological polar surface area (TPSA) is 177 Å². The van der Waals surface area contributed by atoms with Gasteiger partial charge in [-0.25, -0.2) is 9.15 Å². The fourth-order valence-electron chi connectivity index (χ4n) is 8.04. The molecule has 14 heteroatoms. The molecule has 0 aromatic heterocycles. The second-order valence-electron chi connectivity index (χ2n) is 17.1. The molecule has 2 aliphatic heterocycles. The van der Waals surface area contributed by atoms with E-state index in [4.69, 9.17) is 21.7 Å². The first-order chi connectivity index (χ1) is 33.4. The van der Waals surface area contributed by atoms with E-state index in [1.165, 1.54) is 18.2 Å². The first-order valence-electron chi connectivity index (χ1n) is 21.9. The molecule has 14 nitrogen and oxygen atoms in total. The molecule has 0 saturated heterocycles. The minimum atomic E-state index is -1.39. The molecule has 2 aliphatic carbocycles. The summed E-state index contributed by atoms with van der Waals surface area (Å²) in [7, 11) is 15.5. The zero-order chi connectivity index (χ0) is 50.6. The molecule has 0 unspecified atom stereocenters. The number of amides is 2. The highest BCUT2D eigenvalue weighted by Crippen LogP contribution is 2.44. The third kappa shape index (κ3) is 9.93. The number of carboxylic acid groups (broad SMARTS) is 2. The van der Waals surface area contributed by atoms with Crippen LogP contribution in [-0.2, 0) is 0 Å². The molecule has 70 heavy (non-hydrogen) atoms. The predicted octanol–water partition coefficient (Wildman–Crippen LogP) is 4.06. The van der Waals surface area contributed by atoms with Crippen LogP contribution < -0.4 is 50.5 Å². The number of rotatable bonds is 10. The van der Waals surface area contributed by atoms with Crippen molar-refractivity contribution >= 4 is 57.1 Å². The standard InChI is InChI=1S/2C28H25N3O4/c1-6-13-29-27(32)17-7-10-20(28(33)34)23(14-17)26-21-11-8-18(30(2)3)15-24(21)35-25-16-19(31(4)5)9-12-22(25)26;1-6-13-29-27(32)17-7-10-20(23(14-17)28(33)34)26-21-11-8-18(30(2)3)15-24(21)35-25-16-19(31(4)5)9-12-22(25)26/h2*1,7-12,14-16H,13H2,2-5H3,(H-,29,32,33,34). The van der Waals surface area contributed by atoms with Gasteiger partial charge in [0.25, 0.3) is 11.8 Å². The highest BCUT2D eigenvalue weighted by Gasteiger charge is 2.24. The molecule has 4 aromatic rings. The van der Waals surface area contributed by atoms with Crippen LogP contribution in [-0.4, -0.2) is 93.2 Å². The monoisotopic (exact) mass is 934 g/mol. The van der Waals surface area contributed by atoms with Gasteiger partial charge >= 0.3 is 0 Å². The maximum absolute atomic E-state index is 12.6. The zero-order valence-electron chi connectivity index (χ0n) is 40.0. The van der Waals surface area contributed by atoms with E-state index in [2.05, 4.69) is 22.5 Å². The van der Waals surface area contributed by atoms with E-state index in [0.717, 1.165) is 33.0 Å². The van der Waals surface area contributed by atoms with Gasteiger partial charge in [0.1, 0.15) is 50.9 Å². The Morgan fingerprint density at radius 2 is 0.957 bits per heavy atom. The fourth-order valence-corrected chi connectivity index (χ4v) is 8.04. The number of nitrogens with one attached hydrogen (secondary N) is 2. The number of anilines is 2. The number of terminal acetylenes is 2. The molecular formula is C56H50N6O8. The van der Waals surface area contributed by atoms with Crippen molar-refractivity contribution in [3.05, 3.63) is 142 Å². The van der Waals surface area contributed by atoms with Crippen LogP contribution in [0.2, 0.25) is 0 Å². The molecule has 0 fully saturated rings. The molecule has 0 spiro atoms. The van der Waals surface area contributed by atoms with E-state index in [9.17, 15) is 29.4 Å². The lowest BCUT2D eigenvalue weighted by Gasteiger charge is -2.20. The van der Waals surface area contributed by atoms with Crippen molar-refractivity contribution in [2.24, 2.45) is 0 Å². The summed E-state index contributed by atoms with van der Waals surface area (Å²) in [5, 5.41) is 32.9. The van der Waals surface area contributed by atoms with Crippen LogP contribution >= 0.6 is 0 Å². The molecule has 2 amide bonds. The van der Waals surface area contributed by atoms with Crippen molar-refractivity contribution in [2.75, 3.05) is 79.3 Å². The number of carboxylic acids is 2. The van der Waals surface area contributed by atoms with Crippen LogP contribution in [0.3, 0.4) is 0 Å². The summed E-state index contributed by atoms with van der Waals surface area (Å²) in [6.07, 6.45) is 10.5. The van der Waals surface area contributed by atoms with Crippen molar-refractivity contribution in [2.45, 2.75) is 0 Å². The molecule has 8 rings (SSSR count). The Balaban J connectivity index is 0.000000206. The van der Waals surface area contributed by atoms with E-state index < -0.39 is 23.8 Å². The molecule has 2 heterocycles. The van der Waals surface area contributed by atoms with E-state index in [1.807, 2.05) is 148 Å². The lowest BCUT2D eigenvalue weighted by Crippen LogP contribution is -2.26. The Hall–Kier alpha value is -9.14. The minimum Gasteiger partial charge on any atom is -0.545 e. The van der Waals surface area contributed by atoms with Crippen LogP contribution in [0.4, 0.5) is 11.4 Å². The van der Waals surface area contributed by atoms with E-state index in [-0.39, 0.29) is 35.3 Å². The lowest BCUT2D eigenvalue weighted by molar-refractivity contribution is -0.256. The predicted molar refractivity (Wildman–Crippen MR) is 270 cm³/mol. The average molecular weight is 935 g/mol. The minimum absolute atomic E-state index is 0.0272. The van der Waals surface area contributed by atoms with Crippen LogP contribution in [0.1, 0.15) is 41.4 Å². The molecule has 0 saturated carbocycles. The first kappa shape index (κ1) is 48.8. The van der Waals surface area contributed by atoms with Gasteiger partial charge in [0.15, 0.2) is 0 Å². The molecule has 4 aromatic carbocycles. The van der Waals surface area contributed by atoms with Crippen LogP contribution in [0, 0.1) is 24.7 Å². The van der Waals surface area contributed by atoms with Gasteiger partial charge in [0.05, 0.1) is 37.2 Å². The molecular weight excluding hydrogens is 885 g/mol. The van der Waals surface area contributed by atoms with Gasteiger partial charge < -0.3 is 49.1 Å². The smallest absolute Gasteiger partial charge is 0.252 e. The number of benzene rings is 6. The third-order valence-electron chi connectivity index (χ3n) is 11.7. The fraction of sp³-hybridized carbons (Fsp3) is 0.179. The number of hydrogen-bond donors (Lipinski definition) is 2. The number of carbonyl (C=O) groups is 4. The zero-order valence-corrected chi connectivity index (χ0v) is 40.0. The summed E-state index contributed by atoms with van der Waals surface area (Å²) in [4.78, 5) is 53.3. The number of aromatic carboxylic acids is 2. The van der Waals surface area contributed by atoms with Gasteiger partial charge in [-0.2, -0.15) is 0 Å². The van der Waals surface area contributed by atoms with Gasteiger partial charge in [0.2, 0.25) is 10.7 Å². The Morgan fingerprint density at radius 1 is 0.529 bits per heavy atom. The second-order valence-corrected chi connectivity index (χ2v) is 17.1. The van der Waals surface area contributed by atoms with E-state index in [0.29, 0.717) is 55.9 Å². The lowest BCUT2D eigenvalue weighted by atomic mass is 9.89. The van der Waals surface area contributed by atoms with Crippen LogP contribution in [0.5, 0.6) is 0 Å². The Morgan fingerprint density at radius 3 is 1.39 bits per heavy atom. The SMILES string of the molecule is C#CCNC(=O)c1ccc(-c2c3ccc(=[N+](C)C)cc-3oc3cc(N(C)C)ccc23)c(C(=O)[O-])c1.C#CCNC(=O)c1ccc(C(=O)[O-])c(-c2c3ccc(=[N+](C)C)cc-3oc3cc(N(C)C)ccc23)c1. The van der Waals surface area contributed by atoms with Crippen LogP contribution in [0.15, 0.2) is 118 Å². The van der Waals surface area contributed by atoms with Crippen molar-refractivity contribution < 1.29 is 38.2 Å². The molecule has 352 valence electrons. The van der Waals surface area contributed by atoms with Crippen molar-refractivity contribution in [1.29, 1.82) is 0 Å². The Bertz CT molecular complexity index is 3580. The van der Waals surface area contributed by atoms with Crippen molar-refractivity contribution in [3.63, 3.8) is 0 Å². The van der Waals surface area contributed by atoms with E-state index in [1.54, 1.807) is 18.2 Å². The molecule has 0 bridgehead atoms. The van der Waals surface area contributed by atoms with Gasteiger partial charge in [0, 0.05) is 119 Å². The first-order valence-corrected chi connectivity index (χ1v) is 21.9. The van der Waals surface area contributed by atoms with Gasteiger partial charge in [-0.05, 0) is 71.8 Å². The normalized spacial score (nSPS) is 10.7. The summed E-state index contributed by atoms with van der Waals surface area (Å²) in [6.45, 7) is 0.103. The molecule has 4 aliphatic rings. The number of nitrogens with zero attached hydrogens (tertiary/aromatic N) is 4. The summed E-state index contributed by atoms with van der Waals surface area (Å²) in [6, 6.07) is 32.0. The quantitative estimate of drug-likeness (QED) is 0.116.